The van der Waals surface area contributed by atoms with Gasteiger partial charge in [-0.1, -0.05) is 0 Å². The van der Waals surface area contributed by atoms with Gasteiger partial charge in [-0.15, -0.1) is 11.6 Å². The summed E-state index contributed by atoms with van der Waals surface area (Å²) in [5, 5.41) is 3.29. The molecular weight excluding hydrogens is 246 g/mol. The first-order valence-corrected chi connectivity index (χ1v) is 7.75. The lowest BCUT2D eigenvalue weighted by Crippen LogP contribution is -2.37. The van der Waals surface area contributed by atoms with Gasteiger partial charge in [0.1, 0.15) is 0 Å². The predicted molar refractivity (Wildman–Crippen MR) is 70.9 cm³/mol. The van der Waals surface area contributed by atoms with Crippen LogP contribution in [0.25, 0.3) is 0 Å². The molecule has 5 heteroatoms. The smallest absolute Gasteiger partial charge is 0.156 e. The highest BCUT2D eigenvalue weighted by molar-refractivity contribution is 7.92. The molecule has 0 aliphatic carbocycles. The summed E-state index contributed by atoms with van der Waals surface area (Å²) >= 11 is 5.86. The normalized spacial score (nSPS) is 17.1. The lowest BCUT2D eigenvalue weighted by Gasteiger charge is -2.20. The maximum atomic E-state index is 11.8. The van der Waals surface area contributed by atoms with Crippen molar-refractivity contribution in [2.45, 2.75) is 57.2 Å². The van der Waals surface area contributed by atoms with Crippen LogP contribution in [0.4, 0.5) is 0 Å². The zero-order valence-corrected chi connectivity index (χ0v) is 12.5. The van der Waals surface area contributed by atoms with E-state index >= 15 is 0 Å². The maximum absolute atomic E-state index is 11.8. The van der Waals surface area contributed by atoms with Gasteiger partial charge in [-0.05, 0) is 41.0 Å². The molecule has 0 bridgehead atoms. The van der Waals surface area contributed by atoms with E-state index in [1.54, 1.807) is 20.8 Å². The molecular formula is C11H24ClNO2S. The Morgan fingerprint density at radius 3 is 2.12 bits per heavy atom. The van der Waals surface area contributed by atoms with Gasteiger partial charge >= 0.3 is 0 Å². The lowest BCUT2D eigenvalue weighted by atomic mass is 10.2. The van der Waals surface area contributed by atoms with E-state index in [0.29, 0.717) is 6.54 Å². The van der Waals surface area contributed by atoms with Gasteiger partial charge in [0.05, 0.1) is 10.5 Å². The Hall–Kier alpha value is 0.200. The minimum atomic E-state index is -3.02. The van der Waals surface area contributed by atoms with Gasteiger partial charge in [0.25, 0.3) is 0 Å². The third kappa shape index (κ3) is 6.06. The predicted octanol–water partition coefficient (Wildman–Crippen LogP) is 2.20. The number of rotatable bonds is 6. The maximum Gasteiger partial charge on any atom is 0.156 e. The summed E-state index contributed by atoms with van der Waals surface area (Å²) in [5.74, 6) is 0.178. The van der Waals surface area contributed by atoms with Gasteiger partial charge in [0, 0.05) is 18.0 Å². The van der Waals surface area contributed by atoms with Crippen LogP contribution >= 0.6 is 11.6 Å². The van der Waals surface area contributed by atoms with E-state index in [2.05, 4.69) is 5.32 Å². The topological polar surface area (TPSA) is 46.2 Å². The molecule has 0 rings (SSSR count). The average Bonchev–Trinajstić information content (AvgIpc) is 1.99. The second-order valence-electron chi connectivity index (χ2n) is 5.30. The van der Waals surface area contributed by atoms with Crippen LogP contribution in [-0.2, 0) is 9.84 Å². The number of hydrogen-bond donors (Lipinski definition) is 1. The van der Waals surface area contributed by atoms with Crippen LogP contribution in [-0.4, -0.2) is 36.9 Å². The van der Waals surface area contributed by atoms with Crippen molar-refractivity contribution < 1.29 is 8.42 Å². The number of halogens is 1. The van der Waals surface area contributed by atoms with Crippen molar-refractivity contribution >= 4 is 21.4 Å². The van der Waals surface area contributed by atoms with E-state index < -0.39 is 14.6 Å². The highest BCUT2D eigenvalue weighted by atomic mass is 35.5. The Kier molecular flexibility index (Phi) is 6.30. The second kappa shape index (κ2) is 6.22. The minimum absolute atomic E-state index is 0.113. The fourth-order valence-electron chi connectivity index (χ4n) is 1.32. The third-order valence-electron chi connectivity index (χ3n) is 2.47. The SMILES string of the molecule is CC(Cl)CC(C)NCCS(=O)(=O)C(C)(C)C. The first-order valence-electron chi connectivity index (χ1n) is 5.66. The van der Waals surface area contributed by atoms with E-state index in [1.165, 1.54) is 0 Å². The van der Waals surface area contributed by atoms with Crippen molar-refractivity contribution in [3.05, 3.63) is 0 Å². The Balaban J connectivity index is 4.00. The molecule has 0 aliphatic heterocycles. The number of nitrogens with one attached hydrogen (secondary N) is 1. The molecule has 0 aliphatic rings. The zero-order valence-electron chi connectivity index (χ0n) is 10.9. The number of hydrogen-bond acceptors (Lipinski definition) is 3. The monoisotopic (exact) mass is 269 g/mol. The molecule has 0 heterocycles. The van der Waals surface area contributed by atoms with Crippen LogP contribution in [0.2, 0.25) is 0 Å². The molecule has 0 amide bonds. The molecule has 16 heavy (non-hydrogen) atoms. The van der Waals surface area contributed by atoms with Crippen LogP contribution in [0.3, 0.4) is 0 Å². The summed E-state index contributed by atoms with van der Waals surface area (Å²) in [5.41, 5.74) is 0. The molecule has 2 atom stereocenters. The molecule has 98 valence electrons. The second-order valence-corrected chi connectivity index (χ2v) is 8.91. The Bertz CT molecular complexity index is 294. The lowest BCUT2D eigenvalue weighted by molar-refractivity contribution is 0.517. The molecule has 0 spiro atoms. The molecule has 0 saturated carbocycles. The molecule has 0 radical (unpaired) electrons. The highest BCUT2D eigenvalue weighted by Gasteiger charge is 2.28. The van der Waals surface area contributed by atoms with Gasteiger partial charge in [-0.25, -0.2) is 8.42 Å². The molecule has 0 saturated heterocycles. The summed E-state index contributed by atoms with van der Waals surface area (Å²) in [7, 11) is -3.02. The standard InChI is InChI=1S/C11H24ClNO2S/c1-9(12)8-10(2)13-6-7-16(14,15)11(3,4)5/h9-10,13H,6-8H2,1-5H3. The number of sulfone groups is 1. The van der Waals surface area contributed by atoms with Gasteiger partial charge in [0.2, 0.25) is 0 Å². The Morgan fingerprint density at radius 1 is 1.25 bits per heavy atom. The van der Waals surface area contributed by atoms with E-state index in [1.807, 2.05) is 13.8 Å². The van der Waals surface area contributed by atoms with E-state index in [9.17, 15) is 8.42 Å². The molecule has 1 N–H and O–H groups in total. The fourth-order valence-corrected chi connectivity index (χ4v) is 2.58. The van der Waals surface area contributed by atoms with Crippen molar-refractivity contribution in [2.75, 3.05) is 12.3 Å². The Labute approximate surface area is 105 Å². The Morgan fingerprint density at radius 2 is 1.75 bits per heavy atom. The summed E-state index contributed by atoms with van der Waals surface area (Å²) in [6.45, 7) is 9.63. The van der Waals surface area contributed by atoms with Crippen molar-refractivity contribution in [3.8, 4) is 0 Å². The number of alkyl halides is 1. The summed E-state index contributed by atoms with van der Waals surface area (Å²) in [6.07, 6.45) is 0.844. The average molecular weight is 270 g/mol. The van der Waals surface area contributed by atoms with Crippen LogP contribution in [0, 0.1) is 0 Å². The van der Waals surface area contributed by atoms with E-state index in [-0.39, 0.29) is 17.2 Å². The molecule has 0 aromatic rings. The quantitative estimate of drug-likeness (QED) is 0.752. The van der Waals surface area contributed by atoms with Crippen LogP contribution in [0.15, 0.2) is 0 Å². The first-order chi connectivity index (χ1) is 7.06. The first kappa shape index (κ1) is 16.2. The van der Waals surface area contributed by atoms with Crippen molar-refractivity contribution in [1.82, 2.24) is 5.32 Å². The van der Waals surface area contributed by atoms with Crippen molar-refractivity contribution in [3.63, 3.8) is 0 Å². The molecule has 0 aromatic carbocycles. The molecule has 3 nitrogen and oxygen atoms in total. The van der Waals surface area contributed by atoms with Crippen molar-refractivity contribution in [1.29, 1.82) is 0 Å². The van der Waals surface area contributed by atoms with Gasteiger partial charge in [0.15, 0.2) is 9.84 Å². The molecule has 0 fully saturated rings. The summed E-state index contributed by atoms with van der Waals surface area (Å²) in [6, 6.07) is 0.252. The molecule has 0 aromatic heterocycles. The summed E-state index contributed by atoms with van der Waals surface area (Å²) < 4.78 is 22.9. The van der Waals surface area contributed by atoms with Gasteiger partial charge in [-0.3, -0.25) is 0 Å². The highest BCUT2D eigenvalue weighted by Crippen LogP contribution is 2.15. The fraction of sp³-hybridized carbons (Fsp3) is 1.00. The van der Waals surface area contributed by atoms with Crippen LogP contribution in [0.1, 0.15) is 41.0 Å². The van der Waals surface area contributed by atoms with Crippen LogP contribution < -0.4 is 5.32 Å². The van der Waals surface area contributed by atoms with E-state index in [4.69, 9.17) is 11.6 Å². The van der Waals surface area contributed by atoms with E-state index in [0.717, 1.165) is 6.42 Å². The van der Waals surface area contributed by atoms with Crippen LogP contribution in [0.5, 0.6) is 0 Å². The van der Waals surface area contributed by atoms with Gasteiger partial charge < -0.3 is 5.32 Å². The molecule has 2 unspecified atom stereocenters. The van der Waals surface area contributed by atoms with Crippen molar-refractivity contribution in [2.24, 2.45) is 0 Å². The third-order valence-corrected chi connectivity index (χ3v) is 5.26. The summed E-state index contributed by atoms with van der Waals surface area (Å²) in [4.78, 5) is 0. The zero-order chi connectivity index (χ0) is 13.0. The van der Waals surface area contributed by atoms with Gasteiger partial charge in [-0.2, -0.15) is 0 Å². The largest absolute Gasteiger partial charge is 0.313 e. The minimum Gasteiger partial charge on any atom is -0.313 e.